The second kappa shape index (κ2) is 6.54. The molecule has 0 saturated heterocycles. The van der Waals surface area contributed by atoms with Crippen LogP contribution in [0.5, 0.6) is 5.75 Å². The average Bonchev–Trinajstić information content (AvgIpc) is 2.55. The first kappa shape index (κ1) is 15.1. The molecule has 5 heteroatoms. The molecule has 0 aliphatic rings. The molecule has 0 unspecified atom stereocenters. The van der Waals surface area contributed by atoms with Crippen LogP contribution in [0, 0.1) is 6.92 Å². The predicted octanol–water partition coefficient (Wildman–Crippen LogP) is 3.05. The number of rotatable bonds is 3. The number of hydrogen-bond acceptors (Lipinski definition) is 4. The number of fused-ring (bicyclic) bond motifs is 1. The third-order valence-corrected chi connectivity index (χ3v) is 3.53. The molecule has 0 fully saturated rings. The first-order chi connectivity index (χ1) is 11.1. The Hall–Kier alpha value is -2.79. The van der Waals surface area contributed by atoms with Crippen LogP contribution in [0.25, 0.3) is 10.8 Å². The number of ether oxygens (including phenoxy) is 1. The molecule has 0 saturated carbocycles. The van der Waals surface area contributed by atoms with E-state index in [2.05, 4.69) is 0 Å². The minimum Gasteiger partial charge on any atom is -0.473 e. The van der Waals surface area contributed by atoms with Crippen LogP contribution < -0.4 is 10.2 Å². The van der Waals surface area contributed by atoms with Gasteiger partial charge in [-0.05, 0) is 40.9 Å². The van der Waals surface area contributed by atoms with E-state index in [0.29, 0.717) is 11.2 Å². The Morgan fingerprint density at radius 1 is 1.00 bits per heavy atom. The quantitative estimate of drug-likeness (QED) is 0.459. The Bertz CT molecular complexity index is 833. The second-order valence-corrected chi connectivity index (χ2v) is 5.19. The van der Waals surface area contributed by atoms with E-state index in [4.69, 9.17) is 9.39 Å². The fourth-order valence-corrected chi connectivity index (χ4v) is 2.44. The van der Waals surface area contributed by atoms with E-state index >= 15 is 0 Å². The molecule has 0 spiro atoms. The molecule has 3 aromatic rings. The van der Waals surface area contributed by atoms with Crippen molar-refractivity contribution in [3.05, 3.63) is 72.3 Å². The van der Waals surface area contributed by atoms with Crippen LogP contribution in [0.4, 0.5) is 4.79 Å². The highest BCUT2D eigenvalue weighted by molar-refractivity contribution is 6.61. The zero-order valence-electron chi connectivity index (χ0n) is 12.6. The first-order valence-corrected chi connectivity index (χ1v) is 7.24. The maximum absolute atomic E-state index is 11.7. The summed E-state index contributed by atoms with van der Waals surface area (Å²) in [4.78, 5) is 11.7. The Balaban J connectivity index is 1.75. The highest BCUT2D eigenvalue weighted by Crippen LogP contribution is 2.17. The van der Waals surface area contributed by atoms with E-state index < -0.39 is 13.3 Å². The summed E-state index contributed by atoms with van der Waals surface area (Å²) in [6.07, 6.45) is -0.950. The van der Waals surface area contributed by atoms with Gasteiger partial charge >= 0.3 is 13.3 Å². The van der Waals surface area contributed by atoms with Crippen LogP contribution in [0.1, 0.15) is 5.56 Å². The second-order valence-electron chi connectivity index (χ2n) is 5.19. The number of aryl methyl sites for hydroxylation is 1. The summed E-state index contributed by atoms with van der Waals surface area (Å²) >= 11 is 0. The lowest BCUT2D eigenvalue weighted by atomic mass is 9.77. The lowest BCUT2D eigenvalue weighted by Gasteiger charge is -2.11. The molecule has 0 amide bonds. The third kappa shape index (κ3) is 3.52. The van der Waals surface area contributed by atoms with Crippen LogP contribution >= 0.6 is 0 Å². The predicted molar refractivity (Wildman–Crippen MR) is 89.8 cm³/mol. The summed E-state index contributed by atoms with van der Waals surface area (Å²) in [6, 6.07) is 20.0. The van der Waals surface area contributed by atoms with Gasteiger partial charge < -0.3 is 14.4 Å². The Morgan fingerprint density at radius 3 is 2.48 bits per heavy atom. The molecule has 0 radical (unpaired) electrons. The fourth-order valence-electron chi connectivity index (χ4n) is 2.44. The number of carbonyl (C=O) groups excluding carboxylic acids is 1. The monoisotopic (exact) mass is 306 g/mol. The van der Waals surface area contributed by atoms with Gasteiger partial charge in [0.25, 0.3) is 0 Å². The number of hydrogen-bond donors (Lipinski definition) is 1. The van der Waals surface area contributed by atoms with Crippen molar-refractivity contribution in [3.63, 3.8) is 0 Å². The molecule has 0 heterocycles. The van der Waals surface area contributed by atoms with Gasteiger partial charge in [-0.2, -0.15) is 0 Å². The summed E-state index contributed by atoms with van der Waals surface area (Å²) in [5.74, 6) is 0.361. The van der Waals surface area contributed by atoms with E-state index in [9.17, 15) is 9.82 Å². The molecule has 0 bridgehead atoms. The summed E-state index contributed by atoms with van der Waals surface area (Å²) in [5, 5.41) is 12.2. The highest BCUT2D eigenvalue weighted by atomic mass is 16.7. The summed E-state index contributed by atoms with van der Waals surface area (Å²) in [7, 11) is -1.38. The Labute approximate surface area is 134 Å². The molecule has 0 atom stereocenters. The molecule has 0 aromatic heterocycles. The topological polar surface area (TPSA) is 55.8 Å². The van der Waals surface area contributed by atoms with Crippen molar-refractivity contribution < 1.29 is 19.2 Å². The van der Waals surface area contributed by atoms with Crippen molar-refractivity contribution >= 4 is 29.5 Å². The van der Waals surface area contributed by atoms with Gasteiger partial charge in [-0.3, -0.25) is 0 Å². The molecule has 0 aliphatic carbocycles. The van der Waals surface area contributed by atoms with Gasteiger partial charge in [-0.1, -0.05) is 54.6 Å². The van der Waals surface area contributed by atoms with Gasteiger partial charge in [0.05, 0.1) is 0 Å². The van der Waals surface area contributed by atoms with Gasteiger partial charge in [0.2, 0.25) is 0 Å². The molecule has 3 rings (SSSR count). The lowest BCUT2D eigenvalue weighted by molar-refractivity contribution is 0.145. The van der Waals surface area contributed by atoms with Crippen molar-refractivity contribution in [1.82, 2.24) is 0 Å². The summed E-state index contributed by atoms with van der Waals surface area (Å²) < 4.78 is 9.94. The van der Waals surface area contributed by atoms with Crippen molar-refractivity contribution in [2.45, 2.75) is 6.92 Å². The molecular formula is C18H15BO4. The SMILES string of the molecule is Cc1cc(B(O)OC(=O)Oc2ccccc2)cc2ccccc12. The molecule has 4 nitrogen and oxygen atoms in total. The van der Waals surface area contributed by atoms with Gasteiger partial charge in [0.15, 0.2) is 0 Å². The van der Waals surface area contributed by atoms with Crippen LogP contribution in [0.3, 0.4) is 0 Å². The molecule has 3 aromatic carbocycles. The minimum absolute atomic E-state index is 0.361. The van der Waals surface area contributed by atoms with Gasteiger partial charge in [0, 0.05) is 0 Å². The van der Waals surface area contributed by atoms with Gasteiger partial charge in [-0.25, -0.2) is 4.79 Å². The zero-order valence-corrected chi connectivity index (χ0v) is 12.6. The Morgan fingerprint density at radius 2 is 1.70 bits per heavy atom. The number of benzene rings is 3. The largest absolute Gasteiger partial charge is 0.564 e. The van der Waals surface area contributed by atoms with Crippen molar-refractivity contribution in [1.29, 1.82) is 0 Å². The summed E-state index contributed by atoms with van der Waals surface area (Å²) in [6.45, 7) is 1.95. The normalized spacial score (nSPS) is 10.3. The van der Waals surface area contributed by atoms with Crippen molar-refractivity contribution in [2.24, 2.45) is 0 Å². The highest BCUT2D eigenvalue weighted by Gasteiger charge is 2.24. The third-order valence-electron chi connectivity index (χ3n) is 3.53. The van der Waals surface area contributed by atoms with E-state index in [1.807, 2.05) is 37.3 Å². The van der Waals surface area contributed by atoms with Crippen LogP contribution in [0.2, 0.25) is 0 Å². The summed E-state index contributed by atoms with van der Waals surface area (Å²) in [5.41, 5.74) is 1.50. The maximum Gasteiger partial charge on any atom is 0.564 e. The van der Waals surface area contributed by atoms with Crippen LogP contribution in [0.15, 0.2) is 66.7 Å². The molecule has 114 valence electrons. The standard InChI is InChI=1S/C18H15BO4/c1-13-11-15(12-14-7-5-6-10-17(13)14)19(21)23-18(20)22-16-8-3-2-4-9-16/h2-12,21H,1H3. The van der Waals surface area contributed by atoms with Crippen molar-refractivity contribution in [2.75, 3.05) is 0 Å². The number of carbonyl (C=O) groups is 1. The Kier molecular flexibility index (Phi) is 4.30. The smallest absolute Gasteiger partial charge is 0.473 e. The van der Waals surface area contributed by atoms with E-state index in [1.54, 1.807) is 36.4 Å². The average molecular weight is 306 g/mol. The van der Waals surface area contributed by atoms with Crippen LogP contribution in [-0.2, 0) is 4.65 Å². The van der Waals surface area contributed by atoms with E-state index in [1.165, 1.54) is 0 Å². The van der Waals surface area contributed by atoms with E-state index in [0.717, 1.165) is 16.3 Å². The molecule has 1 N–H and O–H groups in total. The van der Waals surface area contributed by atoms with Crippen LogP contribution in [-0.4, -0.2) is 18.3 Å². The molecule has 23 heavy (non-hydrogen) atoms. The first-order valence-electron chi connectivity index (χ1n) is 7.24. The van der Waals surface area contributed by atoms with Gasteiger partial charge in [-0.15, -0.1) is 0 Å². The fraction of sp³-hybridized carbons (Fsp3) is 0.0556. The maximum atomic E-state index is 11.7. The molecule has 0 aliphatic heterocycles. The lowest BCUT2D eigenvalue weighted by Crippen LogP contribution is -2.37. The van der Waals surface area contributed by atoms with Crippen molar-refractivity contribution in [3.8, 4) is 5.75 Å². The zero-order chi connectivity index (χ0) is 16.2. The molecular weight excluding hydrogens is 291 g/mol. The van der Waals surface area contributed by atoms with Gasteiger partial charge in [0.1, 0.15) is 5.75 Å². The van der Waals surface area contributed by atoms with E-state index in [-0.39, 0.29) is 0 Å². The minimum atomic E-state index is -1.38. The number of para-hydroxylation sites is 1.